The number of hydrogen-bond donors (Lipinski definition) is 0. The molecule has 0 unspecified atom stereocenters. The van der Waals surface area contributed by atoms with Crippen LogP contribution in [0.4, 0.5) is 0 Å². The Kier molecular flexibility index (Phi) is 8.04. The Morgan fingerprint density at radius 1 is 0.800 bits per heavy atom. The summed E-state index contributed by atoms with van der Waals surface area (Å²) in [5.74, 6) is 0.753. The zero-order valence-electron chi connectivity index (χ0n) is 17.7. The molecule has 0 saturated carbocycles. The van der Waals surface area contributed by atoms with E-state index in [1.54, 1.807) is 0 Å². The van der Waals surface area contributed by atoms with Crippen molar-refractivity contribution < 1.29 is 14.3 Å². The van der Waals surface area contributed by atoms with E-state index in [4.69, 9.17) is 9.47 Å². The summed E-state index contributed by atoms with van der Waals surface area (Å²) in [5.41, 5.74) is 3.73. The number of carbonyl (C=O) groups excluding carboxylic acids is 1. The Morgan fingerprint density at radius 3 is 1.93 bits per heavy atom. The highest BCUT2D eigenvalue weighted by molar-refractivity contribution is 5.94. The van der Waals surface area contributed by atoms with Gasteiger partial charge in [0, 0.05) is 30.8 Å². The molecule has 30 heavy (non-hydrogen) atoms. The van der Waals surface area contributed by atoms with Crippen LogP contribution in [0.2, 0.25) is 0 Å². The molecule has 1 amide bonds. The van der Waals surface area contributed by atoms with Gasteiger partial charge in [-0.05, 0) is 43.2 Å². The molecule has 0 fully saturated rings. The summed E-state index contributed by atoms with van der Waals surface area (Å²) in [6, 6.07) is 25.7. The van der Waals surface area contributed by atoms with Gasteiger partial charge in [0.15, 0.2) is 0 Å². The lowest BCUT2D eigenvalue weighted by atomic mass is 10.1. The summed E-state index contributed by atoms with van der Waals surface area (Å²) in [6.45, 7) is 6.59. The van der Waals surface area contributed by atoms with Gasteiger partial charge in [0.2, 0.25) is 0 Å². The van der Waals surface area contributed by atoms with E-state index in [0.29, 0.717) is 38.5 Å². The Balaban J connectivity index is 1.89. The minimum atomic E-state index is -0.0106. The molecule has 0 aliphatic rings. The standard InChI is InChI=1S/C26H29NO3/c1-3-29-20-24-17-23(15-16-25(24)30-4-2)26(28)27(18-21-11-7-5-8-12-21)19-22-13-9-6-10-14-22/h5-17H,3-4,18-20H2,1-2H3. The van der Waals surface area contributed by atoms with Crippen LogP contribution in [0.1, 0.15) is 40.9 Å². The quantitative estimate of drug-likeness (QED) is 0.451. The Hall–Kier alpha value is -3.11. The Bertz CT molecular complexity index is 884. The van der Waals surface area contributed by atoms with Crippen LogP contribution >= 0.6 is 0 Å². The van der Waals surface area contributed by atoms with Gasteiger partial charge in [-0.3, -0.25) is 4.79 Å². The van der Waals surface area contributed by atoms with Gasteiger partial charge >= 0.3 is 0 Å². The third kappa shape index (κ3) is 5.94. The van der Waals surface area contributed by atoms with Crippen molar-refractivity contribution >= 4 is 5.91 Å². The summed E-state index contributed by atoms with van der Waals surface area (Å²) in [6.07, 6.45) is 0. The molecule has 156 valence electrons. The Morgan fingerprint density at radius 2 is 1.40 bits per heavy atom. The fourth-order valence-electron chi connectivity index (χ4n) is 3.32. The molecule has 0 aliphatic carbocycles. The van der Waals surface area contributed by atoms with Gasteiger partial charge in [0.25, 0.3) is 5.91 Å². The molecule has 0 N–H and O–H groups in total. The van der Waals surface area contributed by atoms with E-state index in [9.17, 15) is 4.79 Å². The third-order valence-corrected chi connectivity index (χ3v) is 4.79. The summed E-state index contributed by atoms with van der Waals surface area (Å²) in [4.78, 5) is 15.4. The highest BCUT2D eigenvalue weighted by atomic mass is 16.5. The van der Waals surface area contributed by atoms with Gasteiger partial charge in [0.1, 0.15) is 5.75 Å². The van der Waals surface area contributed by atoms with E-state index in [1.807, 2.05) is 97.6 Å². The second kappa shape index (κ2) is 11.2. The van der Waals surface area contributed by atoms with Crippen molar-refractivity contribution in [1.29, 1.82) is 0 Å². The van der Waals surface area contributed by atoms with Crippen molar-refractivity contribution in [2.75, 3.05) is 13.2 Å². The van der Waals surface area contributed by atoms with Crippen LogP contribution in [0.5, 0.6) is 5.75 Å². The average Bonchev–Trinajstić information content (AvgIpc) is 2.79. The SMILES string of the molecule is CCOCc1cc(C(=O)N(Cc2ccccc2)Cc2ccccc2)ccc1OCC. The van der Waals surface area contributed by atoms with Crippen molar-refractivity contribution in [3.8, 4) is 5.75 Å². The molecule has 0 spiro atoms. The normalized spacial score (nSPS) is 10.6. The first kappa shape index (κ1) is 21.6. The summed E-state index contributed by atoms with van der Waals surface area (Å²) >= 11 is 0. The third-order valence-electron chi connectivity index (χ3n) is 4.79. The molecule has 0 bridgehead atoms. The summed E-state index contributed by atoms with van der Waals surface area (Å²) in [7, 11) is 0. The Labute approximate surface area is 179 Å². The smallest absolute Gasteiger partial charge is 0.254 e. The number of carbonyl (C=O) groups is 1. The van der Waals surface area contributed by atoms with Crippen LogP contribution in [-0.2, 0) is 24.4 Å². The van der Waals surface area contributed by atoms with E-state index in [2.05, 4.69) is 0 Å². The monoisotopic (exact) mass is 403 g/mol. The topological polar surface area (TPSA) is 38.8 Å². The minimum Gasteiger partial charge on any atom is -0.494 e. The molecule has 3 aromatic rings. The van der Waals surface area contributed by atoms with Gasteiger partial charge < -0.3 is 14.4 Å². The molecular formula is C26H29NO3. The van der Waals surface area contributed by atoms with Crippen LogP contribution < -0.4 is 4.74 Å². The maximum atomic E-state index is 13.5. The van der Waals surface area contributed by atoms with Crippen molar-refractivity contribution in [3.05, 3.63) is 101 Å². The molecule has 4 heteroatoms. The predicted octanol–water partition coefficient (Wildman–Crippen LogP) is 5.46. The molecule has 3 aromatic carbocycles. The number of amides is 1. The van der Waals surface area contributed by atoms with Crippen LogP contribution in [0.15, 0.2) is 78.9 Å². The first-order valence-corrected chi connectivity index (χ1v) is 10.4. The van der Waals surface area contributed by atoms with Crippen molar-refractivity contribution in [2.45, 2.75) is 33.5 Å². The second-order valence-electron chi connectivity index (χ2n) is 7.03. The summed E-state index contributed by atoms with van der Waals surface area (Å²) < 4.78 is 11.3. The van der Waals surface area contributed by atoms with Gasteiger partial charge in [0.05, 0.1) is 13.2 Å². The number of rotatable bonds is 10. The lowest BCUT2D eigenvalue weighted by Gasteiger charge is -2.24. The van der Waals surface area contributed by atoms with E-state index < -0.39 is 0 Å². The highest BCUT2D eigenvalue weighted by Crippen LogP contribution is 2.23. The van der Waals surface area contributed by atoms with Crippen molar-refractivity contribution in [3.63, 3.8) is 0 Å². The molecule has 0 radical (unpaired) electrons. The molecule has 0 heterocycles. The van der Waals surface area contributed by atoms with E-state index in [-0.39, 0.29) is 5.91 Å². The number of hydrogen-bond acceptors (Lipinski definition) is 3. The predicted molar refractivity (Wildman–Crippen MR) is 119 cm³/mol. The van der Waals surface area contributed by atoms with Gasteiger partial charge in [-0.15, -0.1) is 0 Å². The van der Waals surface area contributed by atoms with Crippen LogP contribution in [-0.4, -0.2) is 24.0 Å². The molecule has 0 saturated heterocycles. The van der Waals surface area contributed by atoms with E-state index in [1.165, 1.54) is 0 Å². The largest absolute Gasteiger partial charge is 0.494 e. The highest BCUT2D eigenvalue weighted by Gasteiger charge is 2.18. The fraction of sp³-hybridized carbons (Fsp3) is 0.269. The van der Waals surface area contributed by atoms with E-state index in [0.717, 1.165) is 22.4 Å². The molecule has 0 aliphatic heterocycles. The molecular weight excluding hydrogens is 374 g/mol. The van der Waals surface area contributed by atoms with Crippen LogP contribution in [0, 0.1) is 0 Å². The second-order valence-corrected chi connectivity index (χ2v) is 7.03. The average molecular weight is 404 g/mol. The summed E-state index contributed by atoms with van der Waals surface area (Å²) in [5, 5.41) is 0. The lowest BCUT2D eigenvalue weighted by Crippen LogP contribution is -2.30. The lowest BCUT2D eigenvalue weighted by molar-refractivity contribution is 0.0729. The number of ether oxygens (including phenoxy) is 2. The zero-order chi connectivity index (χ0) is 21.2. The van der Waals surface area contributed by atoms with Crippen LogP contribution in [0.25, 0.3) is 0 Å². The van der Waals surface area contributed by atoms with Gasteiger partial charge in [-0.2, -0.15) is 0 Å². The fourth-order valence-corrected chi connectivity index (χ4v) is 3.32. The molecule has 0 aromatic heterocycles. The first-order chi connectivity index (χ1) is 14.7. The number of nitrogens with zero attached hydrogens (tertiary/aromatic N) is 1. The van der Waals surface area contributed by atoms with E-state index >= 15 is 0 Å². The zero-order valence-corrected chi connectivity index (χ0v) is 17.7. The van der Waals surface area contributed by atoms with Gasteiger partial charge in [-0.1, -0.05) is 60.7 Å². The maximum absolute atomic E-state index is 13.5. The molecule has 3 rings (SSSR count). The van der Waals surface area contributed by atoms with Gasteiger partial charge in [-0.25, -0.2) is 0 Å². The molecule has 0 atom stereocenters. The molecule has 4 nitrogen and oxygen atoms in total. The van der Waals surface area contributed by atoms with Crippen molar-refractivity contribution in [2.24, 2.45) is 0 Å². The number of benzene rings is 3. The maximum Gasteiger partial charge on any atom is 0.254 e. The first-order valence-electron chi connectivity index (χ1n) is 10.4. The van der Waals surface area contributed by atoms with Crippen molar-refractivity contribution in [1.82, 2.24) is 4.90 Å². The van der Waals surface area contributed by atoms with Crippen LogP contribution in [0.3, 0.4) is 0 Å². The minimum absolute atomic E-state index is 0.0106.